The lowest BCUT2D eigenvalue weighted by atomic mass is 10.0. The molecular weight excluding hydrogens is 306 g/mol. The minimum absolute atomic E-state index is 0.145. The molecule has 0 aromatic rings. The van der Waals surface area contributed by atoms with Crippen LogP contribution in [-0.4, -0.2) is 30.3 Å². The maximum absolute atomic E-state index is 12.0. The van der Waals surface area contributed by atoms with Gasteiger partial charge in [-0.1, -0.05) is 78.1 Å². The second kappa shape index (κ2) is 16.6. The lowest BCUT2D eigenvalue weighted by Gasteiger charge is -2.15. The van der Waals surface area contributed by atoms with Crippen LogP contribution in [0.3, 0.4) is 0 Å². The number of esters is 1. The summed E-state index contributed by atoms with van der Waals surface area (Å²) in [7, 11) is 0. The van der Waals surface area contributed by atoms with Crippen molar-refractivity contribution in [2.75, 3.05) is 13.2 Å². The van der Waals surface area contributed by atoms with E-state index in [1.54, 1.807) is 0 Å². The van der Waals surface area contributed by atoms with Gasteiger partial charge in [-0.2, -0.15) is 0 Å². The Hall–Kier alpha value is -1.26. The topological polar surface area (TPSA) is 75.6 Å². The second-order valence-electron chi connectivity index (χ2n) is 6.52. The minimum Gasteiger partial charge on any atom is -0.465 e. The molecule has 0 aromatic heterocycles. The molecule has 0 aliphatic rings. The Labute approximate surface area is 147 Å². The molecule has 1 unspecified atom stereocenters. The predicted molar refractivity (Wildman–Crippen MR) is 97.2 cm³/mol. The van der Waals surface area contributed by atoms with E-state index >= 15 is 0 Å². The number of carbonyl (C=O) groups is 2. The molecule has 2 N–H and O–H groups in total. The molecule has 0 rings (SSSR count). The third-order valence-electron chi connectivity index (χ3n) is 4.23. The Morgan fingerprint density at radius 1 is 0.875 bits per heavy atom. The van der Waals surface area contributed by atoms with Crippen LogP contribution in [0.1, 0.15) is 90.9 Å². The SMILES string of the molecule is CCCCCCCCCCCOC(=O)C(CCCC)CNC(=O)O. The summed E-state index contributed by atoms with van der Waals surface area (Å²) in [4.78, 5) is 22.6. The first kappa shape index (κ1) is 22.7. The predicted octanol–water partition coefficient (Wildman–Crippen LogP) is 5.13. The van der Waals surface area contributed by atoms with Gasteiger partial charge in [0, 0.05) is 6.54 Å². The van der Waals surface area contributed by atoms with Crippen molar-refractivity contribution in [2.45, 2.75) is 90.9 Å². The molecular formula is C19H37NO4. The molecule has 0 heterocycles. The van der Waals surface area contributed by atoms with Crippen molar-refractivity contribution in [3.05, 3.63) is 0 Å². The van der Waals surface area contributed by atoms with Crippen LogP contribution in [0.15, 0.2) is 0 Å². The van der Waals surface area contributed by atoms with E-state index in [0.717, 1.165) is 25.7 Å². The van der Waals surface area contributed by atoms with E-state index < -0.39 is 6.09 Å². The van der Waals surface area contributed by atoms with E-state index in [1.807, 2.05) is 0 Å². The number of amides is 1. The minimum atomic E-state index is -1.09. The first-order valence-electron chi connectivity index (χ1n) is 9.75. The summed E-state index contributed by atoms with van der Waals surface area (Å²) in [5.41, 5.74) is 0. The van der Waals surface area contributed by atoms with Crippen LogP contribution in [0.2, 0.25) is 0 Å². The molecule has 0 saturated heterocycles. The van der Waals surface area contributed by atoms with Crippen LogP contribution in [0.25, 0.3) is 0 Å². The van der Waals surface area contributed by atoms with E-state index in [-0.39, 0.29) is 18.4 Å². The van der Waals surface area contributed by atoms with Gasteiger partial charge in [0.25, 0.3) is 0 Å². The van der Waals surface area contributed by atoms with Crippen molar-refractivity contribution < 1.29 is 19.4 Å². The van der Waals surface area contributed by atoms with Gasteiger partial charge in [0.15, 0.2) is 0 Å². The van der Waals surface area contributed by atoms with Crippen molar-refractivity contribution in [3.8, 4) is 0 Å². The molecule has 0 aliphatic carbocycles. The molecule has 24 heavy (non-hydrogen) atoms. The highest BCUT2D eigenvalue weighted by Crippen LogP contribution is 2.12. The molecule has 0 bridgehead atoms. The van der Waals surface area contributed by atoms with Crippen LogP contribution in [-0.2, 0) is 9.53 Å². The van der Waals surface area contributed by atoms with Crippen LogP contribution in [0, 0.1) is 5.92 Å². The molecule has 5 heteroatoms. The summed E-state index contributed by atoms with van der Waals surface area (Å²) in [6.45, 7) is 4.87. The summed E-state index contributed by atoms with van der Waals surface area (Å²) < 4.78 is 5.32. The van der Waals surface area contributed by atoms with Crippen LogP contribution in [0.5, 0.6) is 0 Å². The number of carbonyl (C=O) groups excluding carboxylic acids is 1. The van der Waals surface area contributed by atoms with E-state index in [4.69, 9.17) is 9.84 Å². The number of ether oxygens (including phenoxy) is 1. The standard InChI is InChI=1S/C19H37NO4/c1-3-5-7-8-9-10-11-12-13-15-24-18(21)17(14-6-4-2)16-20-19(22)23/h17,20H,3-16H2,1-2H3,(H,22,23). The zero-order valence-electron chi connectivity index (χ0n) is 15.6. The largest absolute Gasteiger partial charge is 0.465 e. The van der Waals surface area contributed by atoms with Crippen LogP contribution >= 0.6 is 0 Å². The van der Waals surface area contributed by atoms with E-state index in [1.165, 1.54) is 44.9 Å². The second-order valence-corrected chi connectivity index (χ2v) is 6.52. The molecule has 0 fully saturated rings. The van der Waals surface area contributed by atoms with Crippen LogP contribution < -0.4 is 5.32 Å². The lowest BCUT2D eigenvalue weighted by Crippen LogP contribution is -2.33. The van der Waals surface area contributed by atoms with Crippen molar-refractivity contribution >= 4 is 12.1 Å². The number of carboxylic acid groups (broad SMARTS) is 1. The van der Waals surface area contributed by atoms with Crippen molar-refractivity contribution in [1.29, 1.82) is 0 Å². The summed E-state index contributed by atoms with van der Waals surface area (Å²) in [6, 6.07) is 0. The molecule has 0 saturated carbocycles. The van der Waals surface area contributed by atoms with Crippen molar-refractivity contribution in [3.63, 3.8) is 0 Å². The van der Waals surface area contributed by atoms with E-state index in [9.17, 15) is 9.59 Å². The van der Waals surface area contributed by atoms with Gasteiger partial charge in [-0.25, -0.2) is 4.79 Å². The van der Waals surface area contributed by atoms with Gasteiger partial charge in [0.2, 0.25) is 0 Å². The highest BCUT2D eigenvalue weighted by molar-refractivity contribution is 5.73. The highest BCUT2D eigenvalue weighted by atomic mass is 16.5. The summed E-state index contributed by atoms with van der Waals surface area (Å²) >= 11 is 0. The fraction of sp³-hybridized carbons (Fsp3) is 0.895. The molecule has 0 aromatic carbocycles. The van der Waals surface area contributed by atoms with Crippen LogP contribution in [0.4, 0.5) is 4.79 Å². The zero-order valence-corrected chi connectivity index (χ0v) is 15.6. The fourth-order valence-electron chi connectivity index (χ4n) is 2.67. The number of hydrogen-bond donors (Lipinski definition) is 2. The quantitative estimate of drug-likeness (QED) is 0.301. The molecule has 1 atom stereocenters. The zero-order chi connectivity index (χ0) is 18.0. The number of rotatable bonds is 16. The molecule has 1 amide bonds. The Bertz CT molecular complexity index is 320. The maximum Gasteiger partial charge on any atom is 0.404 e. The van der Waals surface area contributed by atoms with Crippen molar-refractivity contribution in [1.82, 2.24) is 5.32 Å². The summed E-state index contributed by atoms with van der Waals surface area (Å²) in [5, 5.41) is 11.0. The van der Waals surface area contributed by atoms with Gasteiger partial charge in [0.1, 0.15) is 0 Å². The van der Waals surface area contributed by atoms with E-state index in [0.29, 0.717) is 13.0 Å². The fourth-order valence-corrected chi connectivity index (χ4v) is 2.67. The van der Waals surface area contributed by atoms with Gasteiger partial charge in [-0.15, -0.1) is 0 Å². The van der Waals surface area contributed by atoms with Gasteiger partial charge < -0.3 is 15.2 Å². The van der Waals surface area contributed by atoms with Crippen molar-refractivity contribution in [2.24, 2.45) is 5.92 Å². The Kier molecular flexibility index (Phi) is 15.7. The number of unbranched alkanes of at least 4 members (excludes halogenated alkanes) is 9. The van der Waals surface area contributed by atoms with Gasteiger partial charge in [-0.3, -0.25) is 4.79 Å². The third-order valence-corrected chi connectivity index (χ3v) is 4.23. The van der Waals surface area contributed by atoms with Gasteiger partial charge in [-0.05, 0) is 12.8 Å². The number of nitrogens with one attached hydrogen (secondary N) is 1. The summed E-state index contributed by atoms with van der Waals surface area (Å²) in [6.07, 6.45) is 12.5. The molecule has 0 radical (unpaired) electrons. The Morgan fingerprint density at radius 3 is 1.96 bits per heavy atom. The average molecular weight is 344 g/mol. The Morgan fingerprint density at radius 2 is 1.42 bits per heavy atom. The maximum atomic E-state index is 12.0. The first-order chi connectivity index (χ1) is 11.6. The number of hydrogen-bond acceptors (Lipinski definition) is 3. The van der Waals surface area contributed by atoms with E-state index in [2.05, 4.69) is 19.2 Å². The molecule has 0 aliphatic heterocycles. The Balaban J connectivity index is 3.69. The lowest BCUT2D eigenvalue weighted by molar-refractivity contribution is -0.148. The first-order valence-corrected chi connectivity index (χ1v) is 9.75. The molecule has 5 nitrogen and oxygen atoms in total. The van der Waals surface area contributed by atoms with Gasteiger partial charge >= 0.3 is 12.1 Å². The molecule has 0 spiro atoms. The summed E-state index contributed by atoms with van der Waals surface area (Å²) in [5.74, 6) is -0.628. The molecule has 142 valence electrons. The van der Waals surface area contributed by atoms with Gasteiger partial charge in [0.05, 0.1) is 12.5 Å². The monoisotopic (exact) mass is 343 g/mol. The average Bonchev–Trinajstić information content (AvgIpc) is 2.56. The normalized spacial score (nSPS) is 11.9. The third kappa shape index (κ3) is 14.3. The smallest absolute Gasteiger partial charge is 0.404 e. The highest BCUT2D eigenvalue weighted by Gasteiger charge is 2.20.